The molecule has 1 rings (SSSR count). The van der Waals surface area contributed by atoms with Gasteiger partial charge in [-0.15, -0.1) is 0 Å². The van der Waals surface area contributed by atoms with Gasteiger partial charge in [-0.25, -0.2) is 0 Å². The second kappa shape index (κ2) is 5.61. The normalized spacial score (nSPS) is 13.4. The summed E-state index contributed by atoms with van der Waals surface area (Å²) in [6.45, 7) is 7.28. The molecule has 0 amide bonds. The molecule has 0 aromatic heterocycles. The number of aryl methyl sites for hydroxylation is 1. The Balaban J connectivity index is 2.51. The van der Waals surface area contributed by atoms with E-state index >= 15 is 0 Å². The molecule has 0 heterocycles. The van der Waals surface area contributed by atoms with Gasteiger partial charge in [-0.1, -0.05) is 42.0 Å². The summed E-state index contributed by atoms with van der Waals surface area (Å²) in [7, 11) is 0. The highest BCUT2D eigenvalue weighted by Crippen LogP contribution is 2.12. The molecule has 1 atom stereocenters. The number of nitrogens with one attached hydrogen (secondary N) is 1. The summed E-state index contributed by atoms with van der Waals surface area (Å²) in [6, 6.07) is 9.10. The standard InChI is InChI=1S/C13H19N/c1-4-5-10-14-12(3)13-8-6-11(2)7-9-13/h4-9,12,14H,10H2,1-3H3/b5-4+/t12-/m1/s1. The zero-order valence-corrected chi connectivity index (χ0v) is 9.25. The van der Waals surface area contributed by atoms with Crippen molar-refractivity contribution in [2.75, 3.05) is 6.54 Å². The summed E-state index contributed by atoms with van der Waals surface area (Å²) >= 11 is 0. The van der Waals surface area contributed by atoms with Crippen LogP contribution in [0.1, 0.15) is 31.0 Å². The molecule has 0 bridgehead atoms. The van der Waals surface area contributed by atoms with Gasteiger partial charge in [0.05, 0.1) is 0 Å². The molecular weight excluding hydrogens is 170 g/mol. The van der Waals surface area contributed by atoms with Gasteiger partial charge >= 0.3 is 0 Å². The Morgan fingerprint density at radius 2 is 1.93 bits per heavy atom. The Morgan fingerprint density at radius 1 is 1.29 bits per heavy atom. The van der Waals surface area contributed by atoms with E-state index in [0.29, 0.717) is 6.04 Å². The molecule has 0 aliphatic carbocycles. The van der Waals surface area contributed by atoms with Gasteiger partial charge in [0.1, 0.15) is 0 Å². The van der Waals surface area contributed by atoms with Crippen molar-refractivity contribution >= 4 is 0 Å². The summed E-state index contributed by atoms with van der Waals surface area (Å²) in [5.74, 6) is 0. The second-order valence-electron chi connectivity index (χ2n) is 3.61. The van der Waals surface area contributed by atoms with Crippen LogP contribution in [0.25, 0.3) is 0 Å². The molecule has 0 aliphatic rings. The first-order valence-corrected chi connectivity index (χ1v) is 5.15. The van der Waals surface area contributed by atoms with Crippen LogP contribution in [0.4, 0.5) is 0 Å². The van der Waals surface area contributed by atoms with Crippen LogP contribution in [-0.4, -0.2) is 6.54 Å². The molecule has 1 aromatic carbocycles. The second-order valence-corrected chi connectivity index (χ2v) is 3.61. The molecule has 1 N–H and O–H groups in total. The smallest absolute Gasteiger partial charge is 0.0294 e. The minimum atomic E-state index is 0.423. The summed E-state index contributed by atoms with van der Waals surface area (Å²) in [6.07, 6.45) is 4.19. The maximum absolute atomic E-state index is 3.43. The third-order valence-electron chi connectivity index (χ3n) is 2.35. The zero-order valence-electron chi connectivity index (χ0n) is 9.25. The number of rotatable bonds is 4. The Kier molecular flexibility index (Phi) is 4.41. The van der Waals surface area contributed by atoms with Crippen molar-refractivity contribution in [2.45, 2.75) is 26.8 Å². The maximum Gasteiger partial charge on any atom is 0.0294 e. The van der Waals surface area contributed by atoms with E-state index in [9.17, 15) is 0 Å². The van der Waals surface area contributed by atoms with E-state index in [4.69, 9.17) is 0 Å². The predicted octanol–water partition coefficient (Wildman–Crippen LogP) is 3.22. The molecule has 1 aromatic rings. The van der Waals surface area contributed by atoms with E-state index in [-0.39, 0.29) is 0 Å². The van der Waals surface area contributed by atoms with Crippen LogP contribution < -0.4 is 5.32 Å². The SMILES string of the molecule is C/C=C/CN[C@H](C)c1ccc(C)cc1. The largest absolute Gasteiger partial charge is 0.307 e. The van der Waals surface area contributed by atoms with E-state index < -0.39 is 0 Å². The Hall–Kier alpha value is -1.08. The fourth-order valence-corrected chi connectivity index (χ4v) is 1.34. The lowest BCUT2D eigenvalue weighted by molar-refractivity contribution is 0.617. The Morgan fingerprint density at radius 3 is 2.50 bits per heavy atom. The average molecular weight is 189 g/mol. The van der Waals surface area contributed by atoms with E-state index in [1.54, 1.807) is 0 Å². The maximum atomic E-state index is 3.43. The lowest BCUT2D eigenvalue weighted by atomic mass is 10.1. The highest BCUT2D eigenvalue weighted by Gasteiger charge is 2.01. The summed E-state index contributed by atoms with van der Waals surface area (Å²) in [5, 5.41) is 3.43. The molecule has 1 nitrogen and oxygen atoms in total. The summed E-state index contributed by atoms with van der Waals surface area (Å²) < 4.78 is 0. The fraction of sp³-hybridized carbons (Fsp3) is 0.385. The first-order chi connectivity index (χ1) is 6.74. The van der Waals surface area contributed by atoms with Crippen LogP contribution in [0.2, 0.25) is 0 Å². The summed E-state index contributed by atoms with van der Waals surface area (Å²) in [4.78, 5) is 0. The zero-order chi connectivity index (χ0) is 10.4. The monoisotopic (exact) mass is 189 g/mol. The van der Waals surface area contributed by atoms with Gasteiger partial charge in [0.15, 0.2) is 0 Å². The van der Waals surface area contributed by atoms with Gasteiger partial charge in [0.25, 0.3) is 0 Å². The van der Waals surface area contributed by atoms with Crippen LogP contribution >= 0.6 is 0 Å². The third-order valence-corrected chi connectivity index (χ3v) is 2.35. The molecule has 0 saturated carbocycles. The van der Waals surface area contributed by atoms with Gasteiger partial charge in [-0.05, 0) is 26.3 Å². The molecule has 0 fully saturated rings. The van der Waals surface area contributed by atoms with Gasteiger partial charge in [0, 0.05) is 12.6 Å². The van der Waals surface area contributed by atoms with Crippen molar-refractivity contribution in [3.8, 4) is 0 Å². The molecule has 0 unspecified atom stereocenters. The van der Waals surface area contributed by atoms with E-state index in [2.05, 4.69) is 55.6 Å². The molecule has 0 saturated heterocycles. The van der Waals surface area contributed by atoms with Crippen molar-refractivity contribution in [3.63, 3.8) is 0 Å². The van der Waals surface area contributed by atoms with Crippen molar-refractivity contribution in [1.29, 1.82) is 0 Å². The third kappa shape index (κ3) is 3.35. The van der Waals surface area contributed by atoms with Crippen LogP contribution in [0.5, 0.6) is 0 Å². The van der Waals surface area contributed by atoms with E-state index in [1.807, 2.05) is 6.92 Å². The van der Waals surface area contributed by atoms with Gasteiger partial charge in [-0.3, -0.25) is 0 Å². The number of hydrogen-bond acceptors (Lipinski definition) is 1. The molecule has 0 radical (unpaired) electrons. The van der Waals surface area contributed by atoms with Crippen LogP contribution in [-0.2, 0) is 0 Å². The molecule has 0 aliphatic heterocycles. The Bertz CT molecular complexity index is 285. The Labute approximate surface area is 86.8 Å². The van der Waals surface area contributed by atoms with Crippen molar-refractivity contribution in [1.82, 2.24) is 5.32 Å². The van der Waals surface area contributed by atoms with Crippen LogP contribution in [0.15, 0.2) is 36.4 Å². The highest BCUT2D eigenvalue weighted by molar-refractivity contribution is 5.23. The first-order valence-electron chi connectivity index (χ1n) is 5.15. The van der Waals surface area contributed by atoms with E-state index in [0.717, 1.165) is 6.54 Å². The van der Waals surface area contributed by atoms with Crippen LogP contribution in [0.3, 0.4) is 0 Å². The van der Waals surface area contributed by atoms with Gasteiger partial charge < -0.3 is 5.32 Å². The van der Waals surface area contributed by atoms with Crippen LogP contribution in [0, 0.1) is 6.92 Å². The molecule has 76 valence electrons. The number of allylic oxidation sites excluding steroid dienone is 1. The minimum absolute atomic E-state index is 0.423. The van der Waals surface area contributed by atoms with Crippen molar-refractivity contribution in [3.05, 3.63) is 47.5 Å². The van der Waals surface area contributed by atoms with Crippen molar-refractivity contribution in [2.24, 2.45) is 0 Å². The average Bonchev–Trinajstić information content (AvgIpc) is 2.19. The van der Waals surface area contributed by atoms with E-state index in [1.165, 1.54) is 11.1 Å². The number of benzene rings is 1. The predicted molar refractivity (Wildman–Crippen MR) is 62.4 cm³/mol. The van der Waals surface area contributed by atoms with Crippen molar-refractivity contribution < 1.29 is 0 Å². The minimum Gasteiger partial charge on any atom is -0.307 e. The lowest BCUT2D eigenvalue weighted by Crippen LogP contribution is -2.18. The molecule has 0 spiro atoms. The van der Waals surface area contributed by atoms with Gasteiger partial charge in [0.2, 0.25) is 0 Å². The summed E-state index contributed by atoms with van der Waals surface area (Å²) in [5.41, 5.74) is 2.66. The molecule has 14 heavy (non-hydrogen) atoms. The number of hydrogen-bond donors (Lipinski definition) is 1. The molecule has 1 heteroatoms. The fourth-order valence-electron chi connectivity index (χ4n) is 1.34. The topological polar surface area (TPSA) is 12.0 Å². The quantitative estimate of drug-likeness (QED) is 0.717. The van der Waals surface area contributed by atoms with Gasteiger partial charge in [-0.2, -0.15) is 0 Å². The lowest BCUT2D eigenvalue weighted by Gasteiger charge is -2.12. The molecular formula is C13H19N. The highest BCUT2D eigenvalue weighted by atomic mass is 14.9. The first kappa shape index (κ1) is 11.0.